The molecule has 0 fully saturated rings. The summed E-state index contributed by atoms with van der Waals surface area (Å²) in [5.74, 6) is 0. The summed E-state index contributed by atoms with van der Waals surface area (Å²) in [6, 6.07) is 2.26. The molecule has 0 unspecified atom stereocenters. The molecule has 0 radical (unpaired) electrons. The minimum Gasteiger partial charge on any atom is -0.330 e. The van der Waals surface area contributed by atoms with E-state index in [1.165, 1.54) is 21.0 Å². The summed E-state index contributed by atoms with van der Waals surface area (Å²) >= 11 is 1.86. The van der Waals surface area contributed by atoms with Crippen molar-refractivity contribution in [3.8, 4) is 0 Å². The van der Waals surface area contributed by atoms with E-state index in [1.807, 2.05) is 23.9 Å². The second-order valence-electron chi connectivity index (χ2n) is 4.00. The van der Waals surface area contributed by atoms with E-state index in [4.69, 9.17) is 5.73 Å². The second-order valence-corrected chi connectivity index (χ2v) is 5.34. The van der Waals surface area contributed by atoms with Crippen molar-refractivity contribution in [3.05, 3.63) is 39.6 Å². The van der Waals surface area contributed by atoms with Gasteiger partial charge < -0.3 is 10.3 Å². The number of nitrogens with two attached hydrogens (primary N) is 1. The zero-order valence-corrected chi connectivity index (χ0v) is 10.5. The van der Waals surface area contributed by atoms with E-state index >= 15 is 0 Å². The molecule has 2 heterocycles. The first-order chi connectivity index (χ1) is 7.70. The predicted molar refractivity (Wildman–Crippen MR) is 67.9 cm³/mol. The van der Waals surface area contributed by atoms with Gasteiger partial charge in [0.25, 0.3) is 0 Å². The molecule has 0 atom stereocenters. The molecule has 2 rings (SSSR count). The number of aromatic nitrogens is 2. The average molecular weight is 235 g/mol. The minimum atomic E-state index is 0.675. The van der Waals surface area contributed by atoms with Crippen molar-refractivity contribution in [2.24, 2.45) is 5.73 Å². The van der Waals surface area contributed by atoms with E-state index in [-0.39, 0.29) is 0 Å². The number of imidazole rings is 1. The van der Waals surface area contributed by atoms with Crippen molar-refractivity contribution in [2.75, 3.05) is 6.54 Å². The van der Waals surface area contributed by atoms with Gasteiger partial charge in [-0.3, -0.25) is 0 Å². The quantitative estimate of drug-likeness (QED) is 0.882. The predicted octanol–water partition coefficient (Wildman–Crippen LogP) is 2.11. The lowest BCUT2D eigenvalue weighted by atomic mass is 10.3. The second kappa shape index (κ2) is 4.80. The molecule has 0 aromatic carbocycles. The third-order valence-electron chi connectivity index (χ3n) is 2.74. The fourth-order valence-electron chi connectivity index (χ4n) is 1.74. The minimum absolute atomic E-state index is 0.675. The lowest BCUT2D eigenvalue weighted by Gasteiger charge is -2.05. The van der Waals surface area contributed by atoms with Gasteiger partial charge in [0, 0.05) is 28.1 Å². The standard InChI is InChI=1S/C12H17N3S/c1-9-5-12(16-10(9)2)7-15-8-14-6-11(15)3-4-13/h5-6,8H,3-4,7,13H2,1-2H3. The monoisotopic (exact) mass is 235 g/mol. The van der Waals surface area contributed by atoms with Crippen molar-refractivity contribution >= 4 is 11.3 Å². The fourth-order valence-corrected chi connectivity index (χ4v) is 2.79. The van der Waals surface area contributed by atoms with Crippen LogP contribution >= 0.6 is 11.3 Å². The molecule has 0 amide bonds. The molecule has 16 heavy (non-hydrogen) atoms. The summed E-state index contributed by atoms with van der Waals surface area (Å²) in [5.41, 5.74) is 8.16. The normalized spacial score (nSPS) is 10.9. The summed E-state index contributed by atoms with van der Waals surface area (Å²) < 4.78 is 2.18. The van der Waals surface area contributed by atoms with E-state index in [0.29, 0.717) is 6.54 Å². The fraction of sp³-hybridized carbons (Fsp3) is 0.417. The molecular formula is C12H17N3S. The molecule has 0 aliphatic rings. The lowest BCUT2D eigenvalue weighted by Crippen LogP contribution is -2.08. The van der Waals surface area contributed by atoms with E-state index in [1.54, 1.807) is 0 Å². The van der Waals surface area contributed by atoms with Gasteiger partial charge in [-0.1, -0.05) is 0 Å². The first-order valence-electron chi connectivity index (χ1n) is 5.45. The molecule has 2 aromatic heterocycles. The maximum Gasteiger partial charge on any atom is 0.0951 e. The van der Waals surface area contributed by atoms with Crippen LogP contribution in [-0.4, -0.2) is 16.1 Å². The Labute approximate surface area is 99.9 Å². The van der Waals surface area contributed by atoms with Crippen molar-refractivity contribution in [1.82, 2.24) is 9.55 Å². The average Bonchev–Trinajstić information content (AvgIpc) is 2.77. The zero-order valence-electron chi connectivity index (χ0n) is 9.73. The number of hydrogen-bond acceptors (Lipinski definition) is 3. The summed E-state index contributed by atoms with van der Waals surface area (Å²) in [4.78, 5) is 6.96. The Balaban J connectivity index is 2.16. The SMILES string of the molecule is Cc1cc(Cn2cncc2CCN)sc1C. The molecule has 3 nitrogen and oxygen atoms in total. The first-order valence-corrected chi connectivity index (χ1v) is 6.27. The summed E-state index contributed by atoms with van der Waals surface area (Å²) in [6.45, 7) is 5.91. The Morgan fingerprint density at radius 1 is 1.44 bits per heavy atom. The Morgan fingerprint density at radius 2 is 2.25 bits per heavy atom. The van der Waals surface area contributed by atoms with E-state index in [9.17, 15) is 0 Å². The van der Waals surface area contributed by atoms with Crippen LogP contribution < -0.4 is 5.73 Å². The highest BCUT2D eigenvalue weighted by Gasteiger charge is 2.05. The smallest absolute Gasteiger partial charge is 0.0951 e. The third kappa shape index (κ3) is 2.33. The number of hydrogen-bond donors (Lipinski definition) is 1. The topological polar surface area (TPSA) is 43.8 Å². The van der Waals surface area contributed by atoms with Gasteiger partial charge in [-0.05, 0) is 32.0 Å². The van der Waals surface area contributed by atoms with Crippen LogP contribution in [0.15, 0.2) is 18.6 Å². The third-order valence-corrected chi connectivity index (χ3v) is 3.88. The maximum absolute atomic E-state index is 5.57. The van der Waals surface area contributed by atoms with Crippen LogP contribution in [-0.2, 0) is 13.0 Å². The molecule has 0 spiro atoms. The van der Waals surface area contributed by atoms with Gasteiger partial charge in [0.15, 0.2) is 0 Å². The van der Waals surface area contributed by atoms with E-state index < -0.39 is 0 Å². The summed E-state index contributed by atoms with van der Waals surface area (Å²) in [7, 11) is 0. The lowest BCUT2D eigenvalue weighted by molar-refractivity contribution is 0.741. The van der Waals surface area contributed by atoms with E-state index in [0.717, 1.165) is 13.0 Å². The molecule has 4 heteroatoms. The van der Waals surface area contributed by atoms with Crippen LogP contribution in [0.5, 0.6) is 0 Å². The van der Waals surface area contributed by atoms with Crippen molar-refractivity contribution in [2.45, 2.75) is 26.8 Å². The molecular weight excluding hydrogens is 218 g/mol. The van der Waals surface area contributed by atoms with Gasteiger partial charge in [-0.25, -0.2) is 4.98 Å². The first kappa shape index (κ1) is 11.4. The molecule has 0 bridgehead atoms. The highest BCUT2D eigenvalue weighted by atomic mass is 32.1. The van der Waals surface area contributed by atoms with Crippen molar-refractivity contribution in [1.29, 1.82) is 0 Å². The molecule has 0 aliphatic carbocycles. The van der Waals surface area contributed by atoms with Gasteiger partial charge >= 0.3 is 0 Å². The van der Waals surface area contributed by atoms with Gasteiger partial charge in [0.2, 0.25) is 0 Å². The Kier molecular flexibility index (Phi) is 3.41. The molecule has 2 N–H and O–H groups in total. The van der Waals surface area contributed by atoms with Crippen molar-refractivity contribution in [3.63, 3.8) is 0 Å². The molecule has 2 aromatic rings. The summed E-state index contributed by atoms with van der Waals surface area (Å²) in [5, 5.41) is 0. The molecule has 0 aliphatic heterocycles. The number of aryl methyl sites for hydroxylation is 2. The number of rotatable bonds is 4. The Bertz CT molecular complexity index is 451. The van der Waals surface area contributed by atoms with Gasteiger partial charge in [0.1, 0.15) is 0 Å². The largest absolute Gasteiger partial charge is 0.330 e. The van der Waals surface area contributed by atoms with Gasteiger partial charge in [0.05, 0.1) is 12.9 Å². The van der Waals surface area contributed by atoms with Gasteiger partial charge in [-0.15, -0.1) is 11.3 Å². The van der Waals surface area contributed by atoms with Crippen LogP contribution in [0.4, 0.5) is 0 Å². The molecule has 0 saturated heterocycles. The number of nitrogens with zero attached hydrogens (tertiary/aromatic N) is 2. The van der Waals surface area contributed by atoms with Crippen LogP contribution in [0.2, 0.25) is 0 Å². The molecule has 86 valence electrons. The zero-order chi connectivity index (χ0) is 11.5. The maximum atomic E-state index is 5.57. The van der Waals surface area contributed by atoms with E-state index in [2.05, 4.69) is 29.5 Å². The van der Waals surface area contributed by atoms with Crippen LogP contribution in [0.1, 0.15) is 21.0 Å². The van der Waals surface area contributed by atoms with Crippen LogP contribution in [0.25, 0.3) is 0 Å². The Morgan fingerprint density at radius 3 is 2.88 bits per heavy atom. The van der Waals surface area contributed by atoms with Crippen LogP contribution in [0, 0.1) is 13.8 Å². The molecule has 0 saturated carbocycles. The highest BCUT2D eigenvalue weighted by molar-refractivity contribution is 7.12. The van der Waals surface area contributed by atoms with Crippen molar-refractivity contribution < 1.29 is 0 Å². The van der Waals surface area contributed by atoms with Crippen LogP contribution in [0.3, 0.4) is 0 Å². The number of thiophene rings is 1. The van der Waals surface area contributed by atoms with Gasteiger partial charge in [-0.2, -0.15) is 0 Å². The highest BCUT2D eigenvalue weighted by Crippen LogP contribution is 2.21. The Hall–Kier alpha value is -1.13. The summed E-state index contributed by atoms with van der Waals surface area (Å²) in [6.07, 6.45) is 4.68.